The topological polar surface area (TPSA) is 42.0 Å². The lowest BCUT2D eigenvalue weighted by atomic mass is 10.3. The first-order valence-corrected chi connectivity index (χ1v) is 6.51. The molecule has 92 valence electrons. The summed E-state index contributed by atoms with van der Waals surface area (Å²) in [5.41, 5.74) is 0.736. The molecule has 1 aromatic heterocycles. The van der Waals surface area contributed by atoms with Gasteiger partial charge in [0.15, 0.2) is 0 Å². The van der Waals surface area contributed by atoms with Gasteiger partial charge in [-0.05, 0) is 40.2 Å². The highest BCUT2D eigenvalue weighted by Crippen LogP contribution is 2.23. The lowest BCUT2D eigenvalue weighted by Gasteiger charge is -2.07. The second-order valence-corrected chi connectivity index (χ2v) is 5.05. The number of anilines is 1. The van der Waals surface area contributed by atoms with E-state index in [1.54, 1.807) is 6.07 Å². The molecular weight excluding hydrogens is 339 g/mol. The Labute approximate surface area is 122 Å². The summed E-state index contributed by atoms with van der Waals surface area (Å²) in [5, 5.41) is 3.18. The van der Waals surface area contributed by atoms with Crippen molar-refractivity contribution in [2.24, 2.45) is 0 Å². The largest absolute Gasteiger partial charge is 0.320 e. The molecule has 0 aliphatic carbocycles. The summed E-state index contributed by atoms with van der Waals surface area (Å²) in [6, 6.07) is 10.3. The van der Waals surface area contributed by atoms with Crippen LogP contribution < -0.4 is 5.32 Å². The van der Waals surface area contributed by atoms with E-state index >= 15 is 0 Å². The lowest BCUT2D eigenvalue weighted by Crippen LogP contribution is -2.14. The van der Waals surface area contributed by atoms with Crippen LogP contribution in [0.2, 0.25) is 10.2 Å². The van der Waals surface area contributed by atoms with Gasteiger partial charge in [-0.3, -0.25) is 4.79 Å². The zero-order chi connectivity index (χ0) is 13.1. The molecule has 0 bridgehead atoms. The monoisotopic (exact) mass is 344 g/mol. The fraction of sp³-hybridized carbons (Fsp3) is 0. The molecule has 0 saturated heterocycles. The molecule has 0 atom stereocenters. The number of hydrogen-bond donors (Lipinski definition) is 1. The maximum atomic E-state index is 12.0. The molecule has 6 heteroatoms. The predicted octanol–water partition coefficient (Wildman–Crippen LogP) is 4.40. The third kappa shape index (κ3) is 3.02. The minimum atomic E-state index is -0.408. The number of nitrogens with one attached hydrogen (secondary N) is 1. The number of halogens is 3. The summed E-state index contributed by atoms with van der Waals surface area (Å²) < 4.78 is 0.775. The van der Waals surface area contributed by atoms with Crippen LogP contribution in [-0.4, -0.2) is 10.9 Å². The zero-order valence-corrected chi connectivity index (χ0v) is 12.1. The molecule has 1 aromatic carbocycles. The normalized spacial score (nSPS) is 10.2. The summed E-state index contributed by atoms with van der Waals surface area (Å²) in [7, 11) is 0. The maximum absolute atomic E-state index is 12.0. The number of carbonyl (C=O) groups is 1. The van der Waals surface area contributed by atoms with Gasteiger partial charge >= 0.3 is 0 Å². The third-order valence-electron chi connectivity index (χ3n) is 2.15. The van der Waals surface area contributed by atoms with Crippen molar-refractivity contribution in [3.63, 3.8) is 0 Å². The van der Waals surface area contributed by atoms with E-state index in [2.05, 4.69) is 26.2 Å². The molecule has 0 aliphatic heterocycles. The van der Waals surface area contributed by atoms with Crippen molar-refractivity contribution in [2.75, 3.05) is 5.32 Å². The zero-order valence-electron chi connectivity index (χ0n) is 8.95. The SMILES string of the molecule is O=C(Nc1ccccc1Br)c1nc(Cl)ccc1Cl. The summed E-state index contributed by atoms with van der Waals surface area (Å²) in [4.78, 5) is 15.9. The van der Waals surface area contributed by atoms with Gasteiger partial charge in [0.25, 0.3) is 5.91 Å². The molecular formula is C12H7BrCl2N2O. The molecule has 3 nitrogen and oxygen atoms in total. The van der Waals surface area contributed by atoms with Gasteiger partial charge in [-0.15, -0.1) is 0 Å². The van der Waals surface area contributed by atoms with Crippen LogP contribution in [-0.2, 0) is 0 Å². The second kappa shape index (κ2) is 5.69. The third-order valence-corrected chi connectivity index (χ3v) is 3.36. The minimum Gasteiger partial charge on any atom is -0.320 e. The number of nitrogens with zero attached hydrogens (tertiary/aromatic N) is 1. The van der Waals surface area contributed by atoms with E-state index in [9.17, 15) is 4.79 Å². The average molecular weight is 346 g/mol. The van der Waals surface area contributed by atoms with Gasteiger partial charge < -0.3 is 5.32 Å². The molecule has 0 radical (unpaired) electrons. The van der Waals surface area contributed by atoms with E-state index in [0.717, 1.165) is 4.47 Å². The molecule has 0 spiro atoms. The maximum Gasteiger partial charge on any atom is 0.275 e. The first-order valence-electron chi connectivity index (χ1n) is 4.96. The Morgan fingerprint density at radius 2 is 1.89 bits per heavy atom. The molecule has 2 rings (SSSR count). The number of pyridine rings is 1. The number of para-hydroxylation sites is 1. The van der Waals surface area contributed by atoms with Crippen LogP contribution in [0, 0.1) is 0 Å². The summed E-state index contributed by atoms with van der Waals surface area (Å²) >= 11 is 15.0. The smallest absolute Gasteiger partial charge is 0.275 e. The minimum absolute atomic E-state index is 0.0971. The Balaban J connectivity index is 2.28. The van der Waals surface area contributed by atoms with Crippen LogP contribution in [0.4, 0.5) is 5.69 Å². The van der Waals surface area contributed by atoms with Crippen LogP contribution in [0.1, 0.15) is 10.5 Å². The highest BCUT2D eigenvalue weighted by Gasteiger charge is 2.14. The standard InChI is InChI=1S/C12H7BrCl2N2O/c13-7-3-1-2-4-9(7)16-12(18)11-8(14)5-6-10(15)17-11/h1-6H,(H,16,18). The quantitative estimate of drug-likeness (QED) is 0.819. The van der Waals surface area contributed by atoms with Crippen molar-refractivity contribution >= 4 is 50.7 Å². The number of rotatable bonds is 2. The fourth-order valence-electron chi connectivity index (χ4n) is 1.32. The van der Waals surface area contributed by atoms with Gasteiger partial charge in [0, 0.05) is 4.47 Å². The van der Waals surface area contributed by atoms with Crippen molar-refractivity contribution in [3.8, 4) is 0 Å². The summed E-state index contributed by atoms with van der Waals surface area (Å²) in [5.74, 6) is -0.408. The van der Waals surface area contributed by atoms with Gasteiger partial charge in [0.1, 0.15) is 10.8 Å². The Morgan fingerprint density at radius 1 is 1.17 bits per heavy atom. The number of amides is 1. The van der Waals surface area contributed by atoms with Crippen LogP contribution in [0.25, 0.3) is 0 Å². The first-order chi connectivity index (χ1) is 8.58. The molecule has 18 heavy (non-hydrogen) atoms. The van der Waals surface area contributed by atoms with Gasteiger partial charge in [-0.25, -0.2) is 4.98 Å². The van der Waals surface area contributed by atoms with Gasteiger partial charge in [-0.1, -0.05) is 35.3 Å². The van der Waals surface area contributed by atoms with E-state index in [0.29, 0.717) is 5.69 Å². The molecule has 1 N–H and O–H groups in total. The van der Waals surface area contributed by atoms with Crippen LogP contribution in [0.3, 0.4) is 0 Å². The number of aromatic nitrogens is 1. The summed E-state index contributed by atoms with van der Waals surface area (Å²) in [6.45, 7) is 0. The molecule has 0 aliphatic rings. The number of benzene rings is 1. The lowest BCUT2D eigenvalue weighted by molar-refractivity contribution is 0.102. The summed E-state index contributed by atoms with van der Waals surface area (Å²) in [6.07, 6.45) is 0. The fourth-order valence-corrected chi connectivity index (χ4v) is 2.04. The molecule has 1 amide bonds. The Bertz CT molecular complexity index is 604. The number of hydrogen-bond acceptors (Lipinski definition) is 2. The van der Waals surface area contributed by atoms with Crippen molar-refractivity contribution in [1.82, 2.24) is 4.98 Å². The Hall–Kier alpha value is -1.10. The van der Waals surface area contributed by atoms with E-state index < -0.39 is 5.91 Å². The van der Waals surface area contributed by atoms with Crippen molar-refractivity contribution in [1.29, 1.82) is 0 Å². The molecule has 1 heterocycles. The van der Waals surface area contributed by atoms with Crippen molar-refractivity contribution in [3.05, 3.63) is 56.7 Å². The number of carbonyl (C=O) groups excluding carboxylic acids is 1. The Morgan fingerprint density at radius 3 is 2.61 bits per heavy atom. The van der Waals surface area contributed by atoms with E-state index in [-0.39, 0.29) is 15.9 Å². The highest BCUT2D eigenvalue weighted by molar-refractivity contribution is 9.10. The second-order valence-electron chi connectivity index (χ2n) is 3.40. The van der Waals surface area contributed by atoms with Crippen molar-refractivity contribution in [2.45, 2.75) is 0 Å². The average Bonchev–Trinajstić information content (AvgIpc) is 2.35. The van der Waals surface area contributed by atoms with Gasteiger partial charge in [0.2, 0.25) is 0 Å². The van der Waals surface area contributed by atoms with E-state index in [1.165, 1.54) is 12.1 Å². The molecule has 0 saturated carbocycles. The van der Waals surface area contributed by atoms with E-state index in [1.807, 2.05) is 18.2 Å². The van der Waals surface area contributed by atoms with Crippen LogP contribution in [0.5, 0.6) is 0 Å². The molecule has 0 fully saturated rings. The van der Waals surface area contributed by atoms with Crippen LogP contribution in [0.15, 0.2) is 40.9 Å². The highest BCUT2D eigenvalue weighted by atomic mass is 79.9. The van der Waals surface area contributed by atoms with Gasteiger partial charge in [-0.2, -0.15) is 0 Å². The van der Waals surface area contributed by atoms with Crippen molar-refractivity contribution < 1.29 is 4.79 Å². The van der Waals surface area contributed by atoms with Crippen LogP contribution >= 0.6 is 39.1 Å². The Kier molecular flexibility index (Phi) is 4.22. The molecule has 0 unspecified atom stereocenters. The van der Waals surface area contributed by atoms with Gasteiger partial charge in [0.05, 0.1) is 10.7 Å². The molecule has 2 aromatic rings. The first kappa shape index (κ1) is 13.3. The van der Waals surface area contributed by atoms with E-state index in [4.69, 9.17) is 23.2 Å². The predicted molar refractivity (Wildman–Crippen MR) is 76.4 cm³/mol.